The van der Waals surface area contributed by atoms with Crippen LogP contribution >= 0.6 is 46.4 Å². The molecule has 4 aliphatic rings. The van der Waals surface area contributed by atoms with Gasteiger partial charge in [0.25, 0.3) is 0 Å². The van der Waals surface area contributed by atoms with Crippen molar-refractivity contribution < 1.29 is 14.4 Å². The Labute approximate surface area is 240 Å². The van der Waals surface area contributed by atoms with Crippen LogP contribution < -0.4 is 5.32 Å². The Hall–Kier alpha value is -2.57. The summed E-state index contributed by atoms with van der Waals surface area (Å²) in [4.78, 5) is 40.6. The minimum Gasteiger partial charge on any atom is -0.324 e. The molecule has 3 aromatic carbocycles. The van der Waals surface area contributed by atoms with E-state index in [0.29, 0.717) is 33.0 Å². The van der Waals surface area contributed by atoms with Crippen LogP contribution in [0.2, 0.25) is 10.0 Å². The average Bonchev–Trinajstić information content (AvgIpc) is 3.16. The molecule has 3 aromatic rings. The summed E-state index contributed by atoms with van der Waals surface area (Å²) in [6.45, 7) is 3.57. The van der Waals surface area contributed by atoms with Crippen molar-refractivity contribution in [2.45, 2.75) is 29.6 Å². The number of halogens is 4. The topological polar surface area (TPSA) is 66.5 Å². The molecule has 194 valence electrons. The van der Waals surface area contributed by atoms with Crippen molar-refractivity contribution in [1.29, 1.82) is 0 Å². The van der Waals surface area contributed by atoms with E-state index in [4.69, 9.17) is 46.4 Å². The van der Waals surface area contributed by atoms with Gasteiger partial charge in [0.1, 0.15) is 15.8 Å². The summed E-state index contributed by atoms with van der Waals surface area (Å²) in [7, 11) is 0. The molecule has 7 rings (SSSR count). The number of hydrogen-bond donors (Lipinski definition) is 1. The van der Waals surface area contributed by atoms with Crippen LogP contribution in [-0.2, 0) is 24.1 Å². The molecule has 38 heavy (non-hydrogen) atoms. The first-order valence-corrected chi connectivity index (χ1v) is 13.7. The Balaban J connectivity index is 1.47. The van der Waals surface area contributed by atoms with Crippen molar-refractivity contribution in [1.82, 2.24) is 4.90 Å². The molecule has 0 aromatic heterocycles. The highest BCUT2D eigenvalue weighted by Gasteiger charge is 2.73. The molecule has 9 heteroatoms. The number of carbonyl (C=O) groups excluding carboxylic acids is 3. The zero-order chi connectivity index (χ0) is 27.1. The number of nitrogens with zero attached hydrogens (tertiary/aromatic N) is 1. The Morgan fingerprint density at radius 2 is 1.24 bits per heavy atom. The van der Waals surface area contributed by atoms with Gasteiger partial charge in [-0.3, -0.25) is 19.3 Å². The highest BCUT2D eigenvalue weighted by Crippen LogP contribution is 2.69. The van der Waals surface area contributed by atoms with E-state index in [1.165, 1.54) is 6.07 Å². The van der Waals surface area contributed by atoms with Gasteiger partial charge in [-0.1, -0.05) is 85.6 Å². The third-order valence-corrected chi connectivity index (χ3v) is 10.0. The maximum absolute atomic E-state index is 14.3. The summed E-state index contributed by atoms with van der Waals surface area (Å²) >= 11 is 27.1. The molecule has 3 atom stereocenters. The first-order valence-electron chi connectivity index (χ1n) is 12.2. The fourth-order valence-electron chi connectivity index (χ4n) is 6.47. The van der Waals surface area contributed by atoms with Crippen LogP contribution in [0.5, 0.6) is 0 Å². The van der Waals surface area contributed by atoms with E-state index in [9.17, 15) is 14.4 Å². The highest BCUT2D eigenvalue weighted by molar-refractivity contribution is 6.42. The minimum absolute atomic E-state index is 0.269. The quantitative estimate of drug-likeness (QED) is 0.278. The maximum Gasteiger partial charge on any atom is 0.247 e. The van der Waals surface area contributed by atoms with Crippen molar-refractivity contribution in [3.05, 3.63) is 99.0 Å². The zero-order valence-electron chi connectivity index (χ0n) is 20.3. The maximum atomic E-state index is 14.3. The molecular formula is C29H22Cl4N2O3. The fraction of sp³-hybridized carbons (Fsp3) is 0.276. The number of carbonyl (C=O) groups is 3. The number of anilines is 1. The van der Waals surface area contributed by atoms with Gasteiger partial charge < -0.3 is 5.32 Å². The number of rotatable bonds is 4. The van der Waals surface area contributed by atoms with E-state index >= 15 is 0 Å². The lowest BCUT2D eigenvalue weighted by molar-refractivity contribution is -0.148. The van der Waals surface area contributed by atoms with Gasteiger partial charge in [-0.15, -0.1) is 23.2 Å². The van der Waals surface area contributed by atoms with Crippen LogP contribution in [0.4, 0.5) is 5.69 Å². The van der Waals surface area contributed by atoms with Crippen molar-refractivity contribution in [3.8, 4) is 0 Å². The molecule has 1 aliphatic heterocycles. The number of hydrogen-bond acceptors (Lipinski definition) is 3. The van der Waals surface area contributed by atoms with Gasteiger partial charge in [-0.2, -0.15) is 0 Å². The summed E-state index contributed by atoms with van der Waals surface area (Å²) in [6, 6.07) is 18.4. The molecule has 0 radical (unpaired) electrons. The molecule has 0 saturated carbocycles. The molecule has 3 amide bonds. The molecule has 1 N–H and O–H groups in total. The van der Waals surface area contributed by atoms with Gasteiger partial charge >= 0.3 is 0 Å². The van der Waals surface area contributed by atoms with E-state index in [0.717, 1.165) is 4.90 Å². The monoisotopic (exact) mass is 586 g/mol. The summed E-state index contributed by atoms with van der Waals surface area (Å²) < 4.78 is 0. The van der Waals surface area contributed by atoms with Gasteiger partial charge in [0.2, 0.25) is 17.7 Å². The number of imide groups is 1. The normalized spacial score (nSPS) is 27.7. The third-order valence-electron chi connectivity index (χ3n) is 7.98. The number of amides is 3. The second-order valence-electron chi connectivity index (χ2n) is 10.3. The second-order valence-corrected chi connectivity index (χ2v) is 12.3. The highest BCUT2D eigenvalue weighted by atomic mass is 35.5. The fourth-order valence-corrected chi connectivity index (χ4v) is 7.87. The lowest BCUT2D eigenvalue weighted by Gasteiger charge is -2.54. The summed E-state index contributed by atoms with van der Waals surface area (Å²) in [5.74, 6) is -3.88. The summed E-state index contributed by atoms with van der Waals surface area (Å²) in [5, 5.41) is 3.40. The van der Waals surface area contributed by atoms with E-state index in [1.807, 2.05) is 48.5 Å². The average molecular weight is 588 g/mol. The number of nitrogens with one attached hydrogen (secondary N) is 1. The number of likely N-dealkylation sites (tertiary alicyclic amines) is 1. The van der Waals surface area contributed by atoms with Gasteiger partial charge in [0, 0.05) is 5.69 Å². The van der Waals surface area contributed by atoms with E-state index in [1.54, 1.807) is 26.0 Å². The molecule has 1 heterocycles. The molecule has 0 spiro atoms. The lowest BCUT2D eigenvalue weighted by Crippen LogP contribution is -2.57. The molecule has 5 nitrogen and oxygen atoms in total. The van der Waals surface area contributed by atoms with Crippen molar-refractivity contribution >= 4 is 69.8 Å². The molecule has 1 fully saturated rings. The van der Waals surface area contributed by atoms with Crippen LogP contribution in [0, 0.1) is 17.8 Å². The van der Waals surface area contributed by atoms with Crippen LogP contribution in [0.15, 0.2) is 66.7 Å². The smallest absolute Gasteiger partial charge is 0.247 e. The predicted molar refractivity (Wildman–Crippen MR) is 149 cm³/mol. The van der Waals surface area contributed by atoms with Crippen molar-refractivity contribution in [2.75, 3.05) is 5.32 Å². The van der Waals surface area contributed by atoms with E-state index in [-0.39, 0.29) is 5.02 Å². The Morgan fingerprint density at radius 3 is 1.63 bits per heavy atom. The van der Waals surface area contributed by atoms with Gasteiger partial charge in [0.05, 0.1) is 21.9 Å². The van der Waals surface area contributed by atoms with Crippen LogP contribution in [-0.4, -0.2) is 28.7 Å². The minimum atomic E-state index is -1.31. The molecule has 2 bridgehead atoms. The standard InChI is InChI=1S/C29H22Cl4N2O3/c1-14(2)24(25(36)34-15-11-12-20(30)21(31)13-15)35-26(37)22-23(27(35)38)29(33)17-8-4-3-7-16(17)28(22,32)18-9-5-6-10-19(18)29/h3-14,22-24H,1-2H3,(H,34,36)/t22-,23-,24+,28?,29?/m1/s1. The first kappa shape index (κ1) is 25.7. The SMILES string of the molecule is CC(C)[C@@H](C(=O)Nc1ccc(Cl)c(Cl)c1)N1C(=O)[C@H]2[C@H](C1=O)C1(Cl)c3ccccc3C2(Cl)c2ccccc21. The molecule has 0 unspecified atom stereocenters. The lowest BCUT2D eigenvalue weighted by atomic mass is 9.54. The van der Waals surface area contributed by atoms with Crippen LogP contribution in [0.25, 0.3) is 0 Å². The van der Waals surface area contributed by atoms with Gasteiger partial charge in [0.15, 0.2) is 0 Å². The molecule has 1 saturated heterocycles. The van der Waals surface area contributed by atoms with Crippen molar-refractivity contribution in [2.24, 2.45) is 17.8 Å². The Morgan fingerprint density at radius 1 is 0.789 bits per heavy atom. The van der Waals surface area contributed by atoms with E-state index in [2.05, 4.69) is 5.32 Å². The third kappa shape index (κ3) is 3.22. The molecule has 3 aliphatic carbocycles. The number of alkyl halides is 2. The van der Waals surface area contributed by atoms with Crippen molar-refractivity contribution in [3.63, 3.8) is 0 Å². The van der Waals surface area contributed by atoms with Gasteiger partial charge in [-0.25, -0.2) is 0 Å². The Bertz CT molecular complexity index is 1420. The van der Waals surface area contributed by atoms with Crippen LogP contribution in [0.3, 0.4) is 0 Å². The zero-order valence-corrected chi connectivity index (χ0v) is 23.4. The van der Waals surface area contributed by atoms with Gasteiger partial charge in [-0.05, 0) is 46.4 Å². The summed E-state index contributed by atoms with van der Waals surface area (Å²) in [5.41, 5.74) is 3.23. The molecular weight excluding hydrogens is 566 g/mol. The second kappa shape index (κ2) is 8.72. The predicted octanol–water partition coefficient (Wildman–Crippen LogP) is 6.55. The Kier molecular flexibility index (Phi) is 5.90. The summed E-state index contributed by atoms with van der Waals surface area (Å²) in [6.07, 6.45) is 0. The largest absolute Gasteiger partial charge is 0.324 e. The first-order chi connectivity index (χ1) is 18.0. The number of benzene rings is 3. The van der Waals surface area contributed by atoms with E-state index < -0.39 is 51.3 Å². The van der Waals surface area contributed by atoms with Crippen LogP contribution in [0.1, 0.15) is 36.1 Å².